The van der Waals surface area contributed by atoms with Crippen molar-refractivity contribution in [2.24, 2.45) is 0 Å². The van der Waals surface area contributed by atoms with Gasteiger partial charge in [-0.1, -0.05) is 0 Å². The molecular formula is C30H24N2O7. The van der Waals surface area contributed by atoms with Gasteiger partial charge in [0.1, 0.15) is 11.5 Å². The zero-order valence-electron chi connectivity index (χ0n) is 21.1. The first-order valence-electron chi connectivity index (χ1n) is 11.7. The molecule has 4 aromatic rings. The summed E-state index contributed by atoms with van der Waals surface area (Å²) in [5.74, 6) is -0.480. The highest BCUT2D eigenvalue weighted by Crippen LogP contribution is 2.25. The minimum atomic E-state index is -0.471. The predicted octanol–water partition coefficient (Wildman–Crippen LogP) is 5.56. The smallest absolute Gasteiger partial charge is 0.337 e. The fourth-order valence-corrected chi connectivity index (χ4v) is 3.51. The summed E-state index contributed by atoms with van der Waals surface area (Å²) in [7, 11) is 2.59. The minimum Gasteiger partial charge on any atom is -0.465 e. The van der Waals surface area contributed by atoms with Gasteiger partial charge in [0.2, 0.25) is 0 Å². The minimum absolute atomic E-state index is 0.322. The molecule has 0 bridgehead atoms. The molecule has 2 amide bonds. The van der Waals surface area contributed by atoms with E-state index in [2.05, 4.69) is 20.1 Å². The van der Waals surface area contributed by atoms with Gasteiger partial charge in [-0.3, -0.25) is 9.59 Å². The molecule has 0 saturated carbocycles. The molecule has 0 atom stereocenters. The van der Waals surface area contributed by atoms with E-state index in [1.54, 1.807) is 72.8 Å². The summed E-state index contributed by atoms with van der Waals surface area (Å²) in [6, 6.07) is 26.0. The van der Waals surface area contributed by atoms with E-state index in [-0.39, 0.29) is 11.8 Å². The van der Waals surface area contributed by atoms with E-state index in [1.165, 1.54) is 38.5 Å². The van der Waals surface area contributed by atoms with Crippen molar-refractivity contribution < 1.29 is 33.4 Å². The summed E-state index contributed by atoms with van der Waals surface area (Å²) in [6.07, 6.45) is 0. The SMILES string of the molecule is COC(=O)c1ccc(C(=O)Nc2ccc(Oc3ccc(NC(=O)c4ccc(C(=O)OC)cc4)cc3)cc2)cc1. The molecule has 0 unspecified atom stereocenters. The van der Waals surface area contributed by atoms with E-state index < -0.39 is 11.9 Å². The van der Waals surface area contributed by atoms with Crippen molar-refractivity contribution in [1.29, 1.82) is 0 Å². The second kappa shape index (κ2) is 12.2. The molecule has 0 aliphatic carbocycles. The largest absolute Gasteiger partial charge is 0.465 e. The van der Waals surface area contributed by atoms with E-state index in [9.17, 15) is 19.2 Å². The summed E-state index contributed by atoms with van der Waals surface area (Å²) in [5.41, 5.74) is 2.65. The number of benzene rings is 4. The topological polar surface area (TPSA) is 120 Å². The third-order valence-electron chi connectivity index (χ3n) is 5.60. The Kier molecular flexibility index (Phi) is 8.33. The van der Waals surface area contributed by atoms with Crippen molar-refractivity contribution in [3.8, 4) is 11.5 Å². The van der Waals surface area contributed by atoms with Crippen LogP contribution in [-0.4, -0.2) is 38.0 Å². The van der Waals surface area contributed by atoms with Gasteiger partial charge in [0.25, 0.3) is 11.8 Å². The number of rotatable bonds is 8. The first kappa shape index (κ1) is 26.6. The molecule has 9 nitrogen and oxygen atoms in total. The highest BCUT2D eigenvalue weighted by atomic mass is 16.5. The van der Waals surface area contributed by atoms with Crippen LogP contribution < -0.4 is 15.4 Å². The molecule has 0 aliphatic rings. The fourth-order valence-electron chi connectivity index (χ4n) is 3.51. The maximum absolute atomic E-state index is 12.5. The van der Waals surface area contributed by atoms with Crippen LogP contribution in [0, 0.1) is 0 Å². The van der Waals surface area contributed by atoms with Crippen LogP contribution in [-0.2, 0) is 9.47 Å². The van der Waals surface area contributed by atoms with Crippen LogP contribution in [0.3, 0.4) is 0 Å². The predicted molar refractivity (Wildman–Crippen MR) is 144 cm³/mol. The third-order valence-corrected chi connectivity index (χ3v) is 5.60. The van der Waals surface area contributed by atoms with Crippen molar-refractivity contribution in [2.75, 3.05) is 24.9 Å². The molecule has 2 N–H and O–H groups in total. The van der Waals surface area contributed by atoms with Gasteiger partial charge < -0.3 is 24.8 Å². The number of ether oxygens (including phenoxy) is 3. The normalized spacial score (nSPS) is 10.2. The maximum atomic E-state index is 12.5. The van der Waals surface area contributed by atoms with Crippen molar-refractivity contribution in [1.82, 2.24) is 0 Å². The van der Waals surface area contributed by atoms with Crippen molar-refractivity contribution in [2.45, 2.75) is 0 Å². The van der Waals surface area contributed by atoms with Crippen LogP contribution in [0.5, 0.6) is 11.5 Å². The number of hydrogen-bond acceptors (Lipinski definition) is 7. The number of amides is 2. The Morgan fingerprint density at radius 2 is 0.769 bits per heavy atom. The van der Waals surface area contributed by atoms with E-state index in [1.807, 2.05) is 0 Å². The Morgan fingerprint density at radius 1 is 0.462 bits per heavy atom. The van der Waals surface area contributed by atoms with Gasteiger partial charge in [0.15, 0.2) is 0 Å². The number of carbonyl (C=O) groups is 4. The molecule has 0 spiro atoms. The zero-order valence-corrected chi connectivity index (χ0v) is 21.1. The quantitative estimate of drug-likeness (QED) is 0.290. The average molecular weight is 525 g/mol. The Balaban J connectivity index is 1.30. The van der Waals surface area contributed by atoms with Gasteiger partial charge in [-0.15, -0.1) is 0 Å². The fraction of sp³-hybridized carbons (Fsp3) is 0.0667. The molecular weight excluding hydrogens is 500 g/mol. The van der Waals surface area contributed by atoms with Crippen LogP contribution in [0.2, 0.25) is 0 Å². The van der Waals surface area contributed by atoms with Crippen LogP contribution in [0.4, 0.5) is 11.4 Å². The number of carbonyl (C=O) groups excluding carboxylic acids is 4. The Hall–Kier alpha value is -5.44. The van der Waals surface area contributed by atoms with Gasteiger partial charge in [0, 0.05) is 22.5 Å². The van der Waals surface area contributed by atoms with E-state index in [0.717, 1.165) is 0 Å². The molecule has 0 aliphatic heterocycles. The third kappa shape index (κ3) is 6.86. The molecule has 4 rings (SSSR count). The lowest BCUT2D eigenvalue weighted by molar-refractivity contribution is 0.0592. The second-order valence-corrected chi connectivity index (χ2v) is 8.20. The van der Waals surface area contributed by atoms with Crippen LogP contribution in [0.15, 0.2) is 97.1 Å². The molecule has 39 heavy (non-hydrogen) atoms. The Bertz CT molecular complexity index is 1360. The molecule has 4 aromatic carbocycles. The van der Waals surface area contributed by atoms with E-state index in [0.29, 0.717) is 45.1 Å². The molecule has 0 fully saturated rings. The summed E-state index contributed by atoms with van der Waals surface area (Å²) in [6.45, 7) is 0. The number of anilines is 2. The highest BCUT2D eigenvalue weighted by molar-refractivity contribution is 6.05. The lowest BCUT2D eigenvalue weighted by Gasteiger charge is -2.10. The van der Waals surface area contributed by atoms with Gasteiger partial charge in [0.05, 0.1) is 25.3 Å². The summed E-state index contributed by atoms with van der Waals surface area (Å²) in [5, 5.41) is 5.58. The number of hydrogen-bond donors (Lipinski definition) is 2. The molecule has 0 saturated heterocycles. The summed E-state index contributed by atoms with van der Waals surface area (Å²) in [4.78, 5) is 48.0. The lowest BCUT2D eigenvalue weighted by atomic mass is 10.1. The van der Waals surface area contributed by atoms with E-state index in [4.69, 9.17) is 4.74 Å². The van der Waals surface area contributed by atoms with E-state index >= 15 is 0 Å². The molecule has 0 radical (unpaired) electrons. The number of methoxy groups -OCH3 is 2. The van der Waals surface area contributed by atoms with Crippen molar-refractivity contribution in [3.05, 3.63) is 119 Å². The number of esters is 2. The van der Waals surface area contributed by atoms with Crippen LogP contribution in [0.1, 0.15) is 41.4 Å². The molecule has 0 aromatic heterocycles. The monoisotopic (exact) mass is 524 g/mol. The molecule has 9 heteroatoms. The zero-order chi connectivity index (χ0) is 27.8. The maximum Gasteiger partial charge on any atom is 0.337 e. The van der Waals surface area contributed by atoms with Gasteiger partial charge >= 0.3 is 11.9 Å². The second-order valence-electron chi connectivity index (χ2n) is 8.20. The Labute approximate surface area is 224 Å². The Morgan fingerprint density at radius 3 is 1.08 bits per heavy atom. The highest BCUT2D eigenvalue weighted by Gasteiger charge is 2.11. The molecule has 0 heterocycles. The van der Waals surface area contributed by atoms with Gasteiger partial charge in [-0.05, 0) is 97.1 Å². The summed E-state index contributed by atoms with van der Waals surface area (Å²) < 4.78 is 15.2. The lowest BCUT2D eigenvalue weighted by Crippen LogP contribution is -2.12. The first-order valence-corrected chi connectivity index (χ1v) is 11.7. The van der Waals surface area contributed by atoms with Crippen molar-refractivity contribution >= 4 is 35.1 Å². The first-order chi connectivity index (χ1) is 18.9. The number of nitrogens with one attached hydrogen (secondary N) is 2. The average Bonchev–Trinajstić information content (AvgIpc) is 2.98. The van der Waals surface area contributed by atoms with Crippen LogP contribution >= 0.6 is 0 Å². The van der Waals surface area contributed by atoms with Crippen LogP contribution in [0.25, 0.3) is 0 Å². The van der Waals surface area contributed by atoms with Gasteiger partial charge in [-0.25, -0.2) is 9.59 Å². The van der Waals surface area contributed by atoms with Gasteiger partial charge in [-0.2, -0.15) is 0 Å². The van der Waals surface area contributed by atoms with Crippen molar-refractivity contribution in [3.63, 3.8) is 0 Å². The standard InChI is InChI=1S/C30H24N2O7/c1-37-29(35)21-7-3-19(4-8-21)27(33)31-23-11-15-25(16-12-23)39-26-17-13-24(14-18-26)32-28(34)20-5-9-22(10-6-20)30(36)38-2/h3-18H,1-2H3,(H,31,33)(H,32,34). The summed E-state index contributed by atoms with van der Waals surface area (Å²) >= 11 is 0. The molecule has 196 valence electrons.